The number of aliphatic hydroxyl groups is 4. The van der Waals surface area contributed by atoms with E-state index in [9.17, 15) is 0 Å². The van der Waals surface area contributed by atoms with Gasteiger partial charge >= 0.3 is 0 Å². The molecular weight excluding hydrogens is 413 g/mol. The van der Waals surface area contributed by atoms with E-state index in [1.807, 2.05) is 30.3 Å². The van der Waals surface area contributed by atoms with Gasteiger partial charge in [-0.25, -0.2) is 0 Å². The third-order valence-electron chi connectivity index (χ3n) is 0.607. The molecule has 1 aromatic carbocycles. The van der Waals surface area contributed by atoms with Crippen molar-refractivity contribution >= 4 is 0 Å². The minimum absolute atomic E-state index is 0. The molecule has 5 heteroatoms. The van der Waals surface area contributed by atoms with Crippen LogP contribution in [0.2, 0.25) is 0 Å². The summed E-state index contributed by atoms with van der Waals surface area (Å²) in [4.78, 5) is 0. The first-order chi connectivity index (χ1) is 8.66. The van der Waals surface area contributed by atoms with Crippen LogP contribution >= 0.6 is 0 Å². The molecule has 19 heavy (non-hydrogen) atoms. The standard InChI is InChI=1S/C6H5.4C2H6O.Ta/c1-2-4-6-5-3-1;4*1-2-3;/h1-5H;4*3H,2H2,1H3;/q-1;;;;;. The Labute approximate surface area is 133 Å². The molecule has 0 saturated carbocycles. The quantitative estimate of drug-likeness (QED) is 0.459. The molecule has 0 aliphatic rings. The monoisotopic (exact) mass is 442 g/mol. The van der Waals surface area contributed by atoms with Crippen molar-refractivity contribution < 1.29 is 42.8 Å². The molecule has 4 N–H and O–H groups in total. The first-order valence-electron chi connectivity index (χ1n) is 6.00. The average molecular weight is 442 g/mol. The van der Waals surface area contributed by atoms with Gasteiger partial charge in [0, 0.05) is 48.8 Å². The van der Waals surface area contributed by atoms with E-state index in [2.05, 4.69) is 6.07 Å². The molecule has 1 radical (unpaired) electrons. The second-order valence-corrected chi connectivity index (χ2v) is 2.34. The Morgan fingerprint density at radius 2 is 0.842 bits per heavy atom. The van der Waals surface area contributed by atoms with E-state index in [1.54, 1.807) is 27.7 Å². The molecule has 4 nitrogen and oxygen atoms in total. The van der Waals surface area contributed by atoms with E-state index in [0.717, 1.165) is 0 Å². The van der Waals surface area contributed by atoms with Crippen molar-refractivity contribution in [2.75, 3.05) is 26.4 Å². The fourth-order valence-electron chi connectivity index (χ4n) is 0.342. The Morgan fingerprint density at radius 3 is 0.895 bits per heavy atom. The molecule has 0 spiro atoms. The fraction of sp³-hybridized carbons (Fsp3) is 0.571. The summed E-state index contributed by atoms with van der Waals surface area (Å²) in [5.41, 5.74) is 0. The third kappa shape index (κ3) is 132. The molecule has 1 aromatic rings. The molecular formula is C14H29O4Ta-. The van der Waals surface area contributed by atoms with E-state index in [-0.39, 0.29) is 48.8 Å². The Hall–Kier alpha value is -0.200. The van der Waals surface area contributed by atoms with Crippen LogP contribution in [0.4, 0.5) is 0 Å². The van der Waals surface area contributed by atoms with Crippen molar-refractivity contribution in [2.45, 2.75) is 27.7 Å². The molecule has 0 aromatic heterocycles. The van der Waals surface area contributed by atoms with Gasteiger partial charge in [0.05, 0.1) is 0 Å². The largest absolute Gasteiger partial charge is 0.397 e. The van der Waals surface area contributed by atoms with Crippen LogP contribution in [0.25, 0.3) is 0 Å². The Morgan fingerprint density at radius 1 is 0.632 bits per heavy atom. The van der Waals surface area contributed by atoms with Crippen LogP contribution in [0.1, 0.15) is 27.7 Å². The van der Waals surface area contributed by atoms with Gasteiger partial charge < -0.3 is 20.4 Å². The zero-order valence-corrected chi connectivity index (χ0v) is 15.7. The van der Waals surface area contributed by atoms with Gasteiger partial charge in [0.2, 0.25) is 0 Å². The maximum Gasteiger partial charge on any atom is 0.0402 e. The number of hydrogen-bond donors (Lipinski definition) is 4. The molecule has 0 aliphatic heterocycles. The molecule has 0 amide bonds. The summed E-state index contributed by atoms with van der Waals surface area (Å²) in [7, 11) is 0. The number of rotatable bonds is 0. The van der Waals surface area contributed by atoms with Gasteiger partial charge in [-0.2, -0.15) is 36.4 Å². The summed E-state index contributed by atoms with van der Waals surface area (Å²) in [5, 5.41) is 30.3. The van der Waals surface area contributed by atoms with Crippen LogP contribution in [0.15, 0.2) is 30.3 Å². The maximum atomic E-state index is 7.57. The van der Waals surface area contributed by atoms with Gasteiger partial charge in [-0.15, -0.1) is 0 Å². The predicted octanol–water partition coefficient (Wildman–Crippen LogP) is 1.48. The maximum absolute atomic E-state index is 7.57. The van der Waals surface area contributed by atoms with Crippen molar-refractivity contribution in [3.05, 3.63) is 36.4 Å². The van der Waals surface area contributed by atoms with E-state index in [1.165, 1.54) is 0 Å². The van der Waals surface area contributed by atoms with Crippen molar-refractivity contribution in [3.63, 3.8) is 0 Å². The fourth-order valence-corrected chi connectivity index (χ4v) is 0.342. The minimum atomic E-state index is 0. The first-order valence-corrected chi connectivity index (χ1v) is 6.00. The average Bonchev–Trinajstić information content (AvgIpc) is 2.35. The van der Waals surface area contributed by atoms with E-state index >= 15 is 0 Å². The normalized spacial score (nSPS) is 6.32. The summed E-state index contributed by atoms with van der Waals surface area (Å²) >= 11 is 0. The smallest absolute Gasteiger partial charge is 0.0402 e. The Balaban J connectivity index is -0.0000000449. The molecule has 0 fully saturated rings. The summed E-state index contributed by atoms with van der Waals surface area (Å²) < 4.78 is 0. The summed E-state index contributed by atoms with van der Waals surface area (Å²) in [6, 6.07) is 12.5. The van der Waals surface area contributed by atoms with E-state index < -0.39 is 0 Å². The van der Waals surface area contributed by atoms with Crippen molar-refractivity contribution in [1.82, 2.24) is 0 Å². The Kier molecular flexibility index (Phi) is 86.1. The van der Waals surface area contributed by atoms with E-state index in [4.69, 9.17) is 20.4 Å². The third-order valence-corrected chi connectivity index (χ3v) is 0.607. The molecule has 0 unspecified atom stereocenters. The van der Waals surface area contributed by atoms with Crippen LogP contribution in [0.5, 0.6) is 0 Å². The van der Waals surface area contributed by atoms with Gasteiger partial charge in [0.15, 0.2) is 0 Å². The van der Waals surface area contributed by atoms with Gasteiger partial charge in [-0.05, 0) is 27.7 Å². The van der Waals surface area contributed by atoms with Gasteiger partial charge in [0.25, 0.3) is 0 Å². The summed E-state index contributed by atoms with van der Waals surface area (Å²) in [5.74, 6) is 0. The molecule has 0 saturated heterocycles. The molecule has 0 heterocycles. The van der Waals surface area contributed by atoms with E-state index in [0.29, 0.717) is 0 Å². The summed E-state index contributed by atoms with van der Waals surface area (Å²) in [6.45, 7) is 7.72. The van der Waals surface area contributed by atoms with Crippen LogP contribution < -0.4 is 0 Å². The molecule has 0 atom stereocenters. The number of aliphatic hydroxyl groups excluding tert-OH is 4. The van der Waals surface area contributed by atoms with Crippen LogP contribution in [-0.4, -0.2) is 46.9 Å². The van der Waals surface area contributed by atoms with Gasteiger partial charge in [-0.1, -0.05) is 0 Å². The second kappa shape index (κ2) is 52.3. The first kappa shape index (κ1) is 31.3. The minimum Gasteiger partial charge on any atom is -0.397 e. The number of benzene rings is 1. The zero-order valence-electron chi connectivity index (χ0n) is 12.5. The van der Waals surface area contributed by atoms with Crippen LogP contribution in [-0.2, 0) is 22.4 Å². The molecule has 1 rings (SSSR count). The molecule has 115 valence electrons. The van der Waals surface area contributed by atoms with Crippen LogP contribution in [0.3, 0.4) is 0 Å². The Bertz CT molecular complexity index is 128. The molecule has 0 bridgehead atoms. The van der Waals surface area contributed by atoms with Gasteiger partial charge in [-0.3, -0.25) is 0 Å². The molecule has 0 aliphatic carbocycles. The number of hydrogen-bond acceptors (Lipinski definition) is 4. The predicted molar refractivity (Wildman–Crippen MR) is 76.3 cm³/mol. The van der Waals surface area contributed by atoms with Crippen molar-refractivity contribution in [2.24, 2.45) is 0 Å². The summed E-state index contributed by atoms with van der Waals surface area (Å²) in [6.07, 6.45) is 0. The topological polar surface area (TPSA) is 80.9 Å². The van der Waals surface area contributed by atoms with Crippen LogP contribution in [0, 0.1) is 6.07 Å². The van der Waals surface area contributed by atoms with Gasteiger partial charge in [0.1, 0.15) is 0 Å². The second-order valence-electron chi connectivity index (χ2n) is 2.34. The SMILES string of the molecule is CCO.CCO.CCO.CCO.[Ta].[c-]1ccccc1. The zero-order chi connectivity index (χ0) is 15.1. The van der Waals surface area contributed by atoms with Crippen molar-refractivity contribution in [1.29, 1.82) is 0 Å². The van der Waals surface area contributed by atoms with Crippen molar-refractivity contribution in [3.8, 4) is 0 Å².